The fourth-order valence-electron chi connectivity index (χ4n) is 5.30. The Hall–Kier alpha value is -0.820. The van der Waals surface area contributed by atoms with Gasteiger partial charge in [0.15, 0.2) is 0 Å². The molecule has 1 nitrogen and oxygen atoms in total. The first-order valence-electron chi connectivity index (χ1n) is 9.35. The van der Waals surface area contributed by atoms with E-state index in [1.165, 1.54) is 27.8 Å². The Kier molecular flexibility index (Phi) is 4.34. The normalized spacial score (nSPS) is 25.1. The van der Waals surface area contributed by atoms with Crippen LogP contribution in [0.2, 0.25) is 0 Å². The van der Waals surface area contributed by atoms with Gasteiger partial charge in [0.05, 0.1) is 11.2 Å². The van der Waals surface area contributed by atoms with Gasteiger partial charge < -0.3 is 4.74 Å². The van der Waals surface area contributed by atoms with Crippen LogP contribution in [0.25, 0.3) is 0 Å². The highest BCUT2D eigenvalue weighted by Gasteiger charge is 2.55. The molecule has 0 bridgehead atoms. The highest BCUT2D eigenvalue weighted by Crippen LogP contribution is 2.60. The Morgan fingerprint density at radius 3 is 1.83 bits per heavy atom. The second kappa shape index (κ2) is 5.34. The number of hydrogen-bond acceptors (Lipinski definition) is 1. The summed E-state index contributed by atoms with van der Waals surface area (Å²) in [6.07, 6.45) is 0. The molecule has 0 aromatic heterocycles. The molecule has 1 heteroatoms. The molecule has 136 valence electrons. The van der Waals surface area contributed by atoms with Crippen molar-refractivity contribution in [1.29, 1.82) is 0 Å². The van der Waals surface area contributed by atoms with E-state index in [0.29, 0.717) is 5.92 Å². The number of fused-ring (bicyclic) bond motifs is 1. The van der Waals surface area contributed by atoms with Crippen LogP contribution in [0.1, 0.15) is 96.0 Å². The molecule has 0 radical (unpaired) electrons. The van der Waals surface area contributed by atoms with Gasteiger partial charge in [0.2, 0.25) is 0 Å². The van der Waals surface area contributed by atoms with E-state index in [-0.39, 0.29) is 22.0 Å². The molecular formula is C23H38O. The Balaban J connectivity index is 3.02. The van der Waals surface area contributed by atoms with Crippen LogP contribution >= 0.6 is 0 Å². The van der Waals surface area contributed by atoms with Crippen LogP contribution in [-0.2, 0) is 10.3 Å². The minimum absolute atomic E-state index is 0.0141. The highest BCUT2D eigenvalue weighted by atomic mass is 16.5. The van der Waals surface area contributed by atoms with Crippen molar-refractivity contribution in [2.75, 3.05) is 0 Å². The van der Waals surface area contributed by atoms with Crippen LogP contribution in [0.15, 0.2) is 6.07 Å². The maximum atomic E-state index is 6.84. The molecule has 1 unspecified atom stereocenters. The fourth-order valence-corrected chi connectivity index (χ4v) is 5.30. The number of ether oxygens (including phenoxy) is 1. The zero-order chi connectivity index (χ0) is 18.9. The standard InChI is InChI=1S/C23H38O/c1-14-13-15(2)17-18(16(14)3)22(9,10)24-23(11,12)21(7,8)19(17)20(4,5)6/h13,19H,1-12H3. The lowest BCUT2D eigenvalue weighted by Crippen LogP contribution is -2.49. The third-order valence-corrected chi connectivity index (χ3v) is 6.63. The summed E-state index contributed by atoms with van der Waals surface area (Å²) in [6, 6.07) is 2.37. The smallest absolute Gasteiger partial charge is 0.0888 e. The molecule has 0 spiro atoms. The highest BCUT2D eigenvalue weighted by molar-refractivity contribution is 5.51. The van der Waals surface area contributed by atoms with Crippen LogP contribution in [-0.4, -0.2) is 5.60 Å². The summed E-state index contributed by atoms with van der Waals surface area (Å²) in [5, 5.41) is 0. The van der Waals surface area contributed by atoms with Crippen LogP contribution in [0.4, 0.5) is 0 Å². The topological polar surface area (TPSA) is 9.23 Å². The summed E-state index contributed by atoms with van der Waals surface area (Å²) in [6.45, 7) is 27.8. The summed E-state index contributed by atoms with van der Waals surface area (Å²) in [5.41, 5.74) is 6.76. The van der Waals surface area contributed by atoms with Gasteiger partial charge in [0.1, 0.15) is 0 Å². The lowest BCUT2D eigenvalue weighted by Gasteiger charge is -2.51. The number of hydrogen-bond donors (Lipinski definition) is 0. The molecule has 0 N–H and O–H groups in total. The predicted molar refractivity (Wildman–Crippen MR) is 105 cm³/mol. The van der Waals surface area contributed by atoms with Crippen LogP contribution < -0.4 is 0 Å². The molecule has 0 fully saturated rings. The van der Waals surface area contributed by atoms with Gasteiger partial charge in [-0.3, -0.25) is 0 Å². The molecule has 0 saturated carbocycles. The first-order chi connectivity index (χ1) is 10.5. The zero-order valence-corrected chi connectivity index (χ0v) is 18.1. The summed E-state index contributed by atoms with van der Waals surface area (Å²) in [5.74, 6) is 0.427. The van der Waals surface area contributed by atoms with Gasteiger partial charge in [-0.1, -0.05) is 40.7 Å². The van der Waals surface area contributed by atoms with Crippen molar-refractivity contribution in [2.24, 2.45) is 10.8 Å². The number of benzene rings is 1. The Labute approximate surface area is 150 Å². The molecule has 0 aliphatic carbocycles. The Morgan fingerprint density at radius 2 is 1.38 bits per heavy atom. The molecule has 0 saturated heterocycles. The first kappa shape index (κ1) is 19.5. The molecule has 2 rings (SSSR count). The van der Waals surface area contributed by atoms with E-state index < -0.39 is 0 Å². The molecular weight excluding hydrogens is 292 g/mol. The summed E-state index contributed by atoms with van der Waals surface area (Å²) >= 11 is 0. The molecule has 1 aromatic carbocycles. The lowest BCUT2D eigenvalue weighted by atomic mass is 9.56. The Bertz CT molecular complexity index is 654. The van der Waals surface area contributed by atoms with E-state index >= 15 is 0 Å². The maximum Gasteiger partial charge on any atom is 0.0888 e. The molecule has 0 amide bonds. The number of aryl methyl sites for hydroxylation is 2. The lowest BCUT2D eigenvalue weighted by molar-refractivity contribution is -0.183. The third kappa shape index (κ3) is 2.73. The van der Waals surface area contributed by atoms with Crippen LogP contribution in [0, 0.1) is 31.6 Å². The van der Waals surface area contributed by atoms with Crippen molar-refractivity contribution in [2.45, 2.75) is 100 Å². The summed E-state index contributed by atoms with van der Waals surface area (Å²) in [4.78, 5) is 0. The van der Waals surface area contributed by atoms with Crippen molar-refractivity contribution in [3.63, 3.8) is 0 Å². The van der Waals surface area contributed by atoms with Crippen molar-refractivity contribution in [1.82, 2.24) is 0 Å². The minimum Gasteiger partial charge on any atom is -0.364 e. The van der Waals surface area contributed by atoms with Gasteiger partial charge >= 0.3 is 0 Å². The summed E-state index contributed by atoms with van der Waals surface area (Å²) in [7, 11) is 0. The van der Waals surface area contributed by atoms with E-state index in [4.69, 9.17) is 4.74 Å². The second-order valence-electron chi connectivity index (χ2n) is 10.6. The van der Waals surface area contributed by atoms with Crippen molar-refractivity contribution < 1.29 is 4.74 Å². The monoisotopic (exact) mass is 330 g/mol. The molecule has 1 aliphatic heterocycles. The SMILES string of the molecule is Cc1cc(C)c2c(c1C)C(C)(C)OC(C)(C)C(C)(C)C2C(C)(C)C. The van der Waals surface area contributed by atoms with Gasteiger partial charge in [-0.05, 0) is 87.6 Å². The van der Waals surface area contributed by atoms with Gasteiger partial charge in [-0.2, -0.15) is 0 Å². The van der Waals surface area contributed by atoms with Crippen molar-refractivity contribution in [3.8, 4) is 0 Å². The van der Waals surface area contributed by atoms with Gasteiger partial charge in [0.25, 0.3) is 0 Å². The second-order valence-corrected chi connectivity index (χ2v) is 10.6. The summed E-state index contributed by atoms with van der Waals surface area (Å²) < 4.78 is 6.84. The molecule has 1 aromatic rings. The fraction of sp³-hybridized carbons (Fsp3) is 0.739. The molecule has 1 aliphatic rings. The van der Waals surface area contributed by atoms with Crippen LogP contribution in [0.3, 0.4) is 0 Å². The van der Waals surface area contributed by atoms with E-state index in [1.807, 2.05) is 0 Å². The van der Waals surface area contributed by atoms with Gasteiger partial charge in [-0.25, -0.2) is 0 Å². The van der Waals surface area contributed by atoms with E-state index in [1.54, 1.807) is 0 Å². The first-order valence-corrected chi connectivity index (χ1v) is 9.35. The van der Waals surface area contributed by atoms with Gasteiger partial charge in [-0.15, -0.1) is 0 Å². The predicted octanol–water partition coefficient (Wildman–Crippen LogP) is 6.81. The quantitative estimate of drug-likeness (QED) is 0.507. The average molecular weight is 331 g/mol. The van der Waals surface area contributed by atoms with Crippen molar-refractivity contribution in [3.05, 3.63) is 33.9 Å². The zero-order valence-electron chi connectivity index (χ0n) is 18.1. The molecule has 1 heterocycles. The minimum atomic E-state index is -0.295. The molecule has 1 atom stereocenters. The average Bonchev–Trinajstić information content (AvgIpc) is 2.36. The van der Waals surface area contributed by atoms with Crippen LogP contribution in [0.5, 0.6) is 0 Å². The molecule has 24 heavy (non-hydrogen) atoms. The van der Waals surface area contributed by atoms with E-state index in [9.17, 15) is 0 Å². The van der Waals surface area contributed by atoms with Crippen molar-refractivity contribution >= 4 is 0 Å². The van der Waals surface area contributed by atoms with E-state index in [2.05, 4.69) is 89.2 Å². The van der Waals surface area contributed by atoms with E-state index in [0.717, 1.165) is 0 Å². The Morgan fingerprint density at radius 1 is 0.875 bits per heavy atom. The van der Waals surface area contributed by atoms with Gasteiger partial charge in [0, 0.05) is 5.41 Å². The largest absolute Gasteiger partial charge is 0.364 e. The number of rotatable bonds is 0. The third-order valence-electron chi connectivity index (χ3n) is 6.63. The maximum absolute atomic E-state index is 6.84.